The van der Waals surface area contributed by atoms with Gasteiger partial charge in [0.25, 0.3) is 0 Å². The van der Waals surface area contributed by atoms with E-state index in [-0.39, 0.29) is 6.10 Å². The quantitative estimate of drug-likeness (QED) is 0.838. The Kier molecular flexibility index (Phi) is 4.03. The lowest BCUT2D eigenvalue weighted by Crippen LogP contribution is -2.25. The molecule has 1 aliphatic heterocycles. The van der Waals surface area contributed by atoms with Gasteiger partial charge in [0.2, 0.25) is 0 Å². The predicted octanol–water partition coefficient (Wildman–Crippen LogP) is 3.40. The van der Waals surface area contributed by atoms with Crippen LogP contribution in [0.2, 0.25) is 0 Å². The van der Waals surface area contributed by atoms with Gasteiger partial charge in [-0.3, -0.25) is 0 Å². The molecule has 1 aromatic rings. The summed E-state index contributed by atoms with van der Waals surface area (Å²) < 4.78 is 12.3. The first-order chi connectivity index (χ1) is 7.34. The summed E-state index contributed by atoms with van der Waals surface area (Å²) in [5.41, 5.74) is 0. The lowest BCUT2D eigenvalue weighted by atomic mass is 10.1. The SMILES string of the molecule is Brc1ccc(OC[C@@H]2CCCCO2)cc1. The summed E-state index contributed by atoms with van der Waals surface area (Å²) >= 11 is 3.39. The summed E-state index contributed by atoms with van der Waals surface area (Å²) in [6.45, 7) is 1.55. The Morgan fingerprint density at radius 1 is 1.27 bits per heavy atom. The van der Waals surface area contributed by atoms with Gasteiger partial charge in [0.15, 0.2) is 0 Å². The third kappa shape index (κ3) is 3.50. The number of hydrogen-bond acceptors (Lipinski definition) is 2. The van der Waals surface area contributed by atoms with Crippen LogP contribution in [0, 0.1) is 0 Å². The molecule has 0 aromatic heterocycles. The van der Waals surface area contributed by atoms with Gasteiger partial charge < -0.3 is 9.47 Å². The molecule has 0 amide bonds. The highest BCUT2D eigenvalue weighted by molar-refractivity contribution is 9.10. The van der Waals surface area contributed by atoms with Crippen LogP contribution in [0.5, 0.6) is 5.75 Å². The predicted molar refractivity (Wildman–Crippen MR) is 63.2 cm³/mol. The highest BCUT2D eigenvalue weighted by Crippen LogP contribution is 2.18. The van der Waals surface area contributed by atoms with E-state index in [0.717, 1.165) is 23.2 Å². The molecule has 1 saturated heterocycles. The van der Waals surface area contributed by atoms with Crippen molar-refractivity contribution in [2.45, 2.75) is 25.4 Å². The molecule has 15 heavy (non-hydrogen) atoms. The van der Waals surface area contributed by atoms with Gasteiger partial charge >= 0.3 is 0 Å². The highest BCUT2D eigenvalue weighted by atomic mass is 79.9. The van der Waals surface area contributed by atoms with E-state index in [1.54, 1.807) is 0 Å². The van der Waals surface area contributed by atoms with Crippen LogP contribution in [0.1, 0.15) is 19.3 Å². The Labute approximate surface area is 98.7 Å². The van der Waals surface area contributed by atoms with E-state index in [2.05, 4.69) is 15.9 Å². The minimum absolute atomic E-state index is 0.280. The summed E-state index contributed by atoms with van der Waals surface area (Å²) in [5, 5.41) is 0. The third-order valence-corrected chi connectivity index (χ3v) is 3.05. The zero-order valence-corrected chi connectivity index (χ0v) is 10.2. The molecule has 0 unspecified atom stereocenters. The lowest BCUT2D eigenvalue weighted by Gasteiger charge is -2.22. The standard InChI is InChI=1S/C12H15BrO2/c13-10-4-6-11(7-5-10)15-9-12-3-1-2-8-14-12/h4-7,12H,1-3,8-9H2/t12-/m0/s1. The number of ether oxygens (including phenoxy) is 2. The van der Waals surface area contributed by atoms with Gasteiger partial charge in [0.05, 0.1) is 6.10 Å². The van der Waals surface area contributed by atoms with E-state index in [4.69, 9.17) is 9.47 Å². The van der Waals surface area contributed by atoms with Gasteiger partial charge in [-0.05, 0) is 43.5 Å². The second kappa shape index (κ2) is 5.52. The van der Waals surface area contributed by atoms with E-state index >= 15 is 0 Å². The fourth-order valence-corrected chi connectivity index (χ4v) is 1.92. The van der Waals surface area contributed by atoms with Crippen molar-refractivity contribution >= 4 is 15.9 Å². The van der Waals surface area contributed by atoms with Crippen LogP contribution in [0.4, 0.5) is 0 Å². The maximum absolute atomic E-state index is 5.65. The second-order valence-electron chi connectivity index (χ2n) is 3.75. The van der Waals surface area contributed by atoms with Crippen molar-refractivity contribution < 1.29 is 9.47 Å². The van der Waals surface area contributed by atoms with E-state index in [1.165, 1.54) is 12.8 Å². The van der Waals surface area contributed by atoms with Crippen molar-refractivity contribution in [3.63, 3.8) is 0 Å². The molecule has 1 atom stereocenters. The van der Waals surface area contributed by atoms with Crippen molar-refractivity contribution in [1.29, 1.82) is 0 Å². The second-order valence-corrected chi connectivity index (χ2v) is 4.67. The largest absolute Gasteiger partial charge is 0.491 e. The minimum Gasteiger partial charge on any atom is -0.491 e. The summed E-state index contributed by atoms with van der Waals surface area (Å²) in [6.07, 6.45) is 3.85. The van der Waals surface area contributed by atoms with Gasteiger partial charge in [0, 0.05) is 11.1 Å². The van der Waals surface area contributed by atoms with Gasteiger partial charge in [-0.1, -0.05) is 15.9 Å². The first-order valence-electron chi connectivity index (χ1n) is 5.34. The molecular formula is C12H15BrO2. The molecule has 1 fully saturated rings. The Balaban J connectivity index is 1.79. The summed E-state index contributed by atoms with van der Waals surface area (Å²) in [5.74, 6) is 0.910. The van der Waals surface area contributed by atoms with Gasteiger partial charge in [0.1, 0.15) is 12.4 Å². The Morgan fingerprint density at radius 3 is 2.73 bits per heavy atom. The first kappa shape index (κ1) is 11.0. The fourth-order valence-electron chi connectivity index (χ4n) is 1.66. The highest BCUT2D eigenvalue weighted by Gasteiger charge is 2.14. The van der Waals surface area contributed by atoms with Gasteiger partial charge in [-0.25, -0.2) is 0 Å². The summed E-state index contributed by atoms with van der Waals surface area (Å²) in [7, 11) is 0. The summed E-state index contributed by atoms with van der Waals surface area (Å²) in [6, 6.07) is 7.90. The molecule has 3 heteroatoms. The Bertz CT molecular complexity index is 291. The first-order valence-corrected chi connectivity index (χ1v) is 6.14. The van der Waals surface area contributed by atoms with Crippen molar-refractivity contribution in [2.75, 3.05) is 13.2 Å². The van der Waals surface area contributed by atoms with Crippen LogP contribution in [0.3, 0.4) is 0 Å². The zero-order chi connectivity index (χ0) is 10.5. The number of benzene rings is 1. The van der Waals surface area contributed by atoms with Crippen LogP contribution in [-0.4, -0.2) is 19.3 Å². The third-order valence-electron chi connectivity index (χ3n) is 2.52. The number of hydrogen-bond donors (Lipinski definition) is 0. The van der Waals surface area contributed by atoms with Crippen LogP contribution in [-0.2, 0) is 4.74 Å². The van der Waals surface area contributed by atoms with Crippen LogP contribution in [0.25, 0.3) is 0 Å². The molecule has 0 radical (unpaired) electrons. The van der Waals surface area contributed by atoms with Crippen molar-refractivity contribution in [1.82, 2.24) is 0 Å². The molecule has 0 bridgehead atoms. The topological polar surface area (TPSA) is 18.5 Å². The molecular weight excluding hydrogens is 256 g/mol. The average molecular weight is 271 g/mol. The zero-order valence-electron chi connectivity index (χ0n) is 8.62. The summed E-state index contributed by atoms with van der Waals surface area (Å²) in [4.78, 5) is 0. The fraction of sp³-hybridized carbons (Fsp3) is 0.500. The molecule has 0 saturated carbocycles. The minimum atomic E-state index is 0.280. The van der Waals surface area contributed by atoms with Crippen LogP contribution < -0.4 is 4.74 Å². The van der Waals surface area contributed by atoms with Crippen molar-refractivity contribution in [3.8, 4) is 5.75 Å². The molecule has 1 aromatic carbocycles. The van der Waals surface area contributed by atoms with Crippen LogP contribution >= 0.6 is 15.9 Å². The molecule has 0 aliphatic carbocycles. The smallest absolute Gasteiger partial charge is 0.119 e. The molecule has 0 N–H and O–H groups in total. The normalized spacial score (nSPS) is 21.3. The lowest BCUT2D eigenvalue weighted by molar-refractivity contribution is -0.0110. The van der Waals surface area contributed by atoms with E-state index in [1.807, 2.05) is 24.3 Å². The monoisotopic (exact) mass is 270 g/mol. The maximum Gasteiger partial charge on any atom is 0.119 e. The van der Waals surface area contributed by atoms with E-state index in [9.17, 15) is 0 Å². The average Bonchev–Trinajstić information content (AvgIpc) is 2.30. The molecule has 82 valence electrons. The van der Waals surface area contributed by atoms with Crippen molar-refractivity contribution in [2.24, 2.45) is 0 Å². The maximum atomic E-state index is 5.65. The van der Waals surface area contributed by atoms with Gasteiger partial charge in [-0.15, -0.1) is 0 Å². The molecule has 1 aliphatic rings. The van der Waals surface area contributed by atoms with Crippen LogP contribution in [0.15, 0.2) is 28.7 Å². The molecule has 2 rings (SSSR count). The number of halogens is 1. The van der Waals surface area contributed by atoms with E-state index in [0.29, 0.717) is 6.61 Å². The van der Waals surface area contributed by atoms with Gasteiger partial charge in [-0.2, -0.15) is 0 Å². The molecule has 2 nitrogen and oxygen atoms in total. The Hall–Kier alpha value is -0.540. The Morgan fingerprint density at radius 2 is 2.07 bits per heavy atom. The molecule has 0 spiro atoms. The van der Waals surface area contributed by atoms with E-state index < -0.39 is 0 Å². The number of rotatable bonds is 3. The molecule has 1 heterocycles. The van der Waals surface area contributed by atoms with Crippen molar-refractivity contribution in [3.05, 3.63) is 28.7 Å².